The second kappa shape index (κ2) is 6.81. The van der Waals surface area contributed by atoms with Crippen LogP contribution in [-0.4, -0.2) is 31.1 Å². The maximum Gasteiger partial charge on any atom is 0.277 e. The Hall–Kier alpha value is -3.46. The molecule has 0 atom stereocenters. The van der Waals surface area contributed by atoms with Crippen LogP contribution in [0.15, 0.2) is 54.0 Å². The van der Waals surface area contributed by atoms with Crippen LogP contribution in [0.25, 0.3) is 22.1 Å². The molecule has 0 saturated heterocycles. The third kappa shape index (κ3) is 3.20. The Balaban J connectivity index is 1.51. The number of aromatic nitrogens is 5. The minimum atomic E-state index is -0.476. The molecule has 2 N–H and O–H groups in total. The van der Waals surface area contributed by atoms with Crippen LogP contribution in [0.3, 0.4) is 0 Å². The number of hydrogen-bond acceptors (Lipinski definition) is 6. The molecule has 7 nitrogen and oxygen atoms in total. The molecule has 0 radical (unpaired) electrons. The highest BCUT2D eigenvalue weighted by Crippen LogP contribution is 2.26. The van der Waals surface area contributed by atoms with E-state index in [-0.39, 0.29) is 17.5 Å². The Labute approximate surface area is 151 Å². The number of benzene rings is 1. The van der Waals surface area contributed by atoms with E-state index in [0.717, 1.165) is 0 Å². The van der Waals surface area contributed by atoms with Crippen LogP contribution in [0, 0.1) is 5.82 Å². The van der Waals surface area contributed by atoms with Crippen molar-refractivity contribution in [2.45, 2.75) is 0 Å². The summed E-state index contributed by atoms with van der Waals surface area (Å²) < 4.78 is 13.8. The number of H-pyrrole nitrogens is 1. The number of aromatic amines is 1. The van der Waals surface area contributed by atoms with E-state index in [2.05, 4.69) is 30.5 Å². The standard InChI is InChI=1S/C17H11FN6OS/c18-11-6-2-1-5-10(11)16-20-13(9-26-16)15(25)22-17-21-14(23-24-17)12-7-3-4-8-19-12/h1-9H,(H2,21,22,23,24,25). The lowest BCUT2D eigenvalue weighted by Gasteiger charge is -1.98. The van der Waals surface area contributed by atoms with Crippen molar-refractivity contribution in [2.24, 2.45) is 0 Å². The summed E-state index contributed by atoms with van der Waals surface area (Å²) >= 11 is 1.19. The predicted octanol–water partition coefficient (Wildman–Crippen LogP) is 3.38. The number of anilines is 1. The van der Waals surface area contributed by atoms with Gasteiger partial charge in [-0.3, -0.25) is 20.2 Å². The fourth-order valence-corrected chi connectivity index (χ4v) is 3.06. The van der Waals surface area contributed by atoms with Crippen molar-refractivity contribution < 1.29 is 9.18 Å². The number of nitrogens with one attached hydrogen (secondary N) is 2. The fourth-order valence-electron chi connectivity index (χ4n) is 2.24. The molecule has 3 heterocycles. The number of pyridine rings is 1. The molecule has 0 spiro atoms. The molecule has 128 valence electrons. The highest BCUT2D eigenvalue weighted by atomic mass is 32.1. The zero-order chi connectivity index (χ0) is 17.9. The molecule has 0 unspecified atom stereocenters. The lowest BCUT2D eigenvalue weighted by molar-refractivity contribution is 0.102. The summed E-state index contributed by atoms with van der Waals surface area (Å²) in [5.41, 5.74) is 1.13. The van der Waals surface area contributed by atoms with Crippen molar-refractivity contribution in [3.63, 3.8) is 0 Å². The number of carbonyl (C=O) groups excluding carboxylic acids is 1. The van der Waals surface area contributed by atoms with Crippen molar-refractivity contribution in [3.8, 4) is 22.1 Å². The second-order valence-electron chi connectivity index (χ2n) is 5.19. The molecule has 4 rings (SSSR count). The smallest absolute Gasteiger partial charge is 0.277 e. The van der Waals surface area contributed by atoms with Crippen LogP contribution in [0.4, 0.5) is 10.3 Å². The number of amides is 1. The maximum absolute atomic E-state index is 13.8. The number of carbonyl (C=O) groups is 1. The third-order valence-electron chi connectivity index (χ3n) is 3.46. The van der Waals surface area contributed by atoms with Crippen molar-refractivity contribution in [1.82, 2.24) is 25.1 Å². The van der Waals surface area contributed by atoms with E-state index in [4.69, 9.17) is 0 Å². The predicted molar refractivity (Wildman–Crippen MR) is 95.1 cm³/mol. The van der Waals surface area contributed by atoms with Gasteiger partial charge in [0.1, 0.15) is 22.2 Å². The van der Waals surface area contributed by atoms with Crippen LogP contribution in [0.5, 0.6) is 0 Å². The molecule has 0 aliphatic carbocycles. The first-order valence-electron chi connectivity index (χ1n) is 7.56. The SMILES string of the molecule is O=C(Nc1n[nH]c(-c2ccccn2)n1)c1csc(-c2ccccc2F)n1. The van der Waals surface area contributed by atoms with E-state index in [0.29, 0.717) is 22.1 Å². The van der Waals surface area contributed by atoms with Crippen LogP contribution >= 0.6 is 11.3 Å². The Kier molecular flexibility index (Phi) is 4.20. The van der Waals surface area contributed by atoms with E-state index in [1.807, 2.05) is 6.07 Å². The Morgan fingerprint density at radius 3 is 2.77 bits per heavy atom. The number of nitrogens with zero attached hydrogens (tertiary/aromatic N) is 4. The first-order chi connectivity index (χ1) is 12.7. The highest BCUT2D eigenvalue weighted by Gasteiger charge is 2.16. The van der Waals surface area contributed by atoms with Crippen LogP contribution in [-0.2, 0) is 0 Å². The highest BCUT2D eigenvalue weighted by molar-refractivity contribution is 7.13. The van der Waals surface area contributed by atoms with E-state index in [9.17, 15) is 9.18 Å². The van der Waals surface area contributed by atoms with E-state index < -0.39 is 5.91 Å². The molecule has 1 aromatic carbocycles. The Morgan fingerprint density at radius 2 is 1.96 bits per heavy atom. The van der Waals surface area contributed by atoms with Gasteiger partial charge < -0.3 is 0 Å². The number of hydrogen-bond donors (Lipinski definition) is 2. The van der Waals surface area contributed by atoms with Crippen LogP contribution in [0.1, 0.15) is 10.5 Å². The first kappa shape index (κ1) is 16.0. The summed E-state index contributed by atoms with van der Waals surface area (Å²) in [6.07, 6.45) is 1.63. The van der Waals surface area contributed by atoms with Crippen LogP contribution in [0.2, 0.25) is 0 Å². The largest absolute Gasteiger partial charge is 0.288 e. The Morgan fingerprint density at radius 1 is 1.12 bits per heavy atom. The topological polar surface area (TPSA) is 96.5 Å². The summed E-state index contributed by atoms with van der Waals surface area (Å²) in [7, 11) is 0. The van der Waals surface area contributed by atoms with Gasteiger partial charge >= 0.3 is 0 Å². The molecule has 0 bridgehead atoms. The average molecular weight is 366 g/mol. The molecule has 1 amide bonds. The summed E-state index contributed by atoms with van der Waals surface area (Å²) in [5, 5.41) is 11.2. The van der Waals surface area contributed by atoms with Gasteiger partial charge in [-0.15, -0.1) is 16.4 Å². The number of thiazole rings is 1. The molecule has 4 aromatic rings. The molecule has 0 aliphatic rings. The van der Waals surface area contributed by atoms with Gasteiger partial charge in [-0.1, -0.05) is 18.2 Å². The molecule has 9 heteroatoms. The first-order valence-corrected chi connectivity index (χ1v) is 8.44. The number of rotatable bonds is 4. The van der Waals surface area contributed by atoms with Crippen molar-refractivity contribution >= 4 is 23.2 Å². The minimum Gasteiger partial charge on any atom is -0.288 e. The van der Waals surface area contributed by atoms with Gasteiger partial charge in [0, 0.05) is 17.1 Å². The third-order valence-corrected chi connectivity index (χ3v) is 4.33. The van der Waals surface area contributed by atoms with Gasteiger partial charge in [0.15, 0.2) is 5.82 Å². The average Bonchev–Trinajstić information content (AvgIpc) is 3.33. The van der Waals surface area contributed by atoms with Gasteiger partial charge in [0.05, 0.1) is 0 Å². The fraction of sp³-hybridized carbons (Fsp3) is 0. The quantitative estimate of drug-likeness (QED) is 0.577. The van der Waals surface area contributed by atoms with E-state index in [1.54, 1.807) is 41.9 Å². The monoisotopic (exact) mass is 366 g/mol. The van der Waals surface area contributed by atoms with Gasteiger partial charge in [-0.05, 0) is 24.3 Å². The second-order valence-corrected chi connectivity index (χ2v) is 6.05. The van der Waals surface area contributed by atoms with Gasteiger partial charge in [-0.2, -0.15) is 4.98 Å². The van der Waals surface area contributed by atoms with Crippen molar-refractivity contribution in [3.05, 3.63) is 65.6 Å². The van der Waals surface area contributed by atoms with Crippen molar-refractivity contribution in [2.75, 3.05) is 5.32 Å². The van der Waals surface area contributed by atoms with Gasteiger partial charge in [0.25, 0.3) is 5.91 Å². The zero-order valence-electron chi connectivity index (χ0n) is 13.2. The summed E-state index contributed by atoms with van der Waals surface area (Å²) in [5.74, 6) is -0.319. The molecule has 26 heavy (non-hydrogen) atoms. The minimum absolute atomic E-state index is 0.107. The molecular formula is C17H11FN6OS. The maximum atomic E-state index is 13.8. The van der Waals surface area contributed by atoms with Gasteiger partial charge in [0.2, 0.25) is 5.95 Å². The molecule has 0 saturated carbocycles. The summed E-state index contributed by atoms with van der Waals surface area (Å²) in [6.45, 7) is 0. The zero-order valence-corrected chi connectivity index (χ0v) is 14.0. The lowest BCUT2D eigenvalue weighted by Crippen LogP contribution is -2.13. The lowest BCUT2D eigenvalue weighted by atomic mass is 10.2. The van der Waals surface area contributed by atoms with Gasteiger partial charge in [-0.25, -0.2) is 9.37 Å². The summed E-state index contributed by atoms with van der Waals surface area (Å²) in [6, 6.07) is 11.7. The number of halogens is 1. The van der Waals surface area contributed by atoms with Crippen molar-refractivity contribution in [1.29, 1.82) is 0 Å². The normalized spacial score (nSPS) is 10.7. The summed E-state index contributed by atoms with van der Waals surface area (Å²) in [4.78, 5) is 24.8. The van der Waals surface area contributed by atoms with Crippen LogP contribution < -0.4 is 5.32 Å². The molecular weight excluding hydrogens is 355 g/mol. The van der Waals surface area contributed by atoms with E-state index >= 15 is 0 Å². The Bertz CT molecular complexity index is 1060. The molecule has 3 aromatic heterocycles. The molecule has 0 aliphatic heterocycles. The molecule has 0 fully saturated rings. The van der Waals surface area contributed by atoms with E-state index in [1.165, 1.54) is 17.4 Å².